The average Bonchev–Trinajstić information content (AvgIpc) is 3.26. The smallest absolute Gasteiger partial charge is 0.356 e. The van der Waals surface area contributed by atoms with Gasteiger partial charge in [-0.3, -0.25) is 9.10 Å². The highest BCUT2D eigenvalue weighted by Gasteiger charge is 2.30. The second-order valence-electron chi connectivity index (χ2n) is 6.88. The molecule has 3 rings (SSSR count). The van der Waals surface area contributed by atoms with Crippen LogP contribution in [0.3, 0.4) is 0 Å². The number of amides is 1. The maximum absolute atomic E-state index is 13.5. The first-order chi connectivity index (χ1) is 16.6. The number of nitrogens with one attached hydrogen (secondary N) is 1. The Labute approximate surface area is 216 Å². The zero-order valence-corrected chi connectivity index (χ0v) is 21.8. The molecule has 0 bridgehead atoms. The third kappa shape index (κ3) is 5.81. The molecule has 0 radical (unpaired) electrons. The van der Waals surface area contributed by atoms with Gasteiger partial charge in [-0.05, 0) is 43.3 Å². The van der Waals surface area contributed by atoms with E-state index in [1.807, 2.05) is 6.92 Å². The van der Waals surface area contributed by atoms with Gasteiger partial charge >= 0.3 is 5.97 Å². The molecule has 0 fully saturated rings. The van der Waals surface area contributed by atoms with E-state index in [1.54, 1.807) is 12.1 Å². The van der Waals surface area contributed by atoms with Crippen molar-refractivity contribution >= 4 is 68.1 Å². The first-order valence-electron chi connectivity index (χ1n) is 9.95. The van der Waals surface area contributed by atoms with Crippen LogP contribution in [0, 0.1) is 0 Å². The lowest BCUT2D eigenvalue weighted by atomic mass is 10.2. The first kappa shape index (κ1) is 26.6. The topological polar surface area (TPSA) is 111 Å². The normalized spacial score (nSPS) is 11.0. The van der Waals surface area contributed by atoms with Gasteiger partial charge in [0, 0.05) is 18.8 Å². The predicted molar refractivity (Wildman–Crippen MR) is 135 cm³/mol. The van der Waals surface area contributed by atoms with Crippen LogP contribution in [-0.4, -0.2) is 41.1 Å². The summed E-state index contributed by atoms with van der Waals surface area (Å²) < 4.78 is 43.0. The molecule has 3 aromatic rings. The van der Waals surface area contributed by atoms with Crippen LogP contribution in [0.25, 0.3) is 0 Å². The highest BCUT2D eigenvalue weighted by atomic mass is 35.5. The number of carbonyl (C=O) groups is 2. The lowest BCUT2D eigenvalue weighted by molar-refractivity contribution is 0.0751. The molecule has 1 heterocycles. The molecule has 13 heteroatoms. The van der Waals surface area contributed by atoms with E-state index >= 15 is 0 Å². The van der Waals surface area contributed by atoms with Crippen LogP contribution in [0.5, 0.6) is 11.5 Å². The minimum atomic E-state index is -4.20. The molecule has 0 spiro atoms. The Hall–Kier alpha value is -2.99. The summed E-state index contributed by atoms with van der Waals surface area (Å²) in [6, 6.07) is 11.7. The van der Waals surface area contributed by atoms with E-state index < -0.39 is 21.9 Å². The van der Waals surface area contributed by atoms with Gasteiger partial charge in [-0.1, -0.05) is 17.7 Å². The van der Waals surface area contributed by atoms with Crippen molar-refractivity contribution in [2.45, 2.75) is 11.8 Å². The third-order valence-corrected chi connectivity index (χ3v) is 8.09. The maximum atomic E-state index is 13.5. The van der Waals surface area contributed by atoms with E-state index in [-0.39, 0.29) is 31.0 Å². The van der Waals surface area contributed by atoms with Crippen molar-refractivity contribution in [3.8, 4) is 11.5 Å². The van der Waals surface area contributed by atoms with Crippen molar-refractivity contribution in [3.05, 3.63) is 63.3 Å². The Morgan fingerprint density at radius 1 is 1.11 bits per heavy atom. The molecule has 9 nitrogen and oxygen atoms in total. The number of hydrogen-bond acceptors (Lipinski definition) is 8. The molecule has 0 aliphatic heterocycles. The second-order valence-corrected chi connectivity index (χ2v) is 10.7. The highest BCUT2D eigenvalue weighted by molar-refractivity contribution is 7.93. The lowest BCUT2D eigenvalue weighted by Crippen LogP contribution is -2.28. The van der Waals surface area contributed by atoms with Gasteiger partial charge in [-0.25, -0.2) is 13.2 Å². The molecule has 1 amide bonds. The van der Waals surface area contributed by atoms with Crippen molar-refractivity contribution in [1.82, 2.24) is 0 Å². The van der Waals surface area contributed by atoms with Gasteiger partial charge in [-0.15, -0.1) is 11.3 Å². The van der Waals surface area contributed by atoms with Gasteiger partial charge in [0.05, 0.1) is 29.3 Å². The highest BCUT2D eigenvalue weighted by Crippen LogP contribution is 2.36. The van der Waals surface area contributed by atoms with Crippen LogP contribution in [0.2, 0.25) is 4.34 Å². The summed E-state index contributed by atoms with van der Waals surface area (Å²) in [5, 5.41) is 2.56. The summed E-state index contributed by atoms with van der Waals surface area (Å²) in [4.78, 5) is 24.2. The third-order valence-electron chi connectivity index (χ3n) is 4.75. The van der Waals surface area contributed by atoms with Crippen molar-refractivity contribution < 1.29 is 31.8 Å². The Bertz CT molecular complexity index is 1360. The van der Waals surface area contributed by atoms with E-state index in [0.717, 1.165) is 15.6 Å². The molecule has 0 atom stereocenters. The SMILES string of the molecule is CCOc1ccc(N(C)S(=O)(=O)c2cc(Cl)sc2C(=O)Nc2cccc(C(=O)OCl)c2)cc1OC. The number of hydrogen-bond donors (Lipinski definition) is 1. The van der Waals surface area contributed by atoms with Gasteiger partial charge in [0.1, 0.15) is 21.6 Å². The zero-order chi connectivity index (χ0) is 25.8. The average molecular weight is 559 g/mol. The van der Waals surface area contributed by atoms with Gasteiger partial charge in [0.15, 0.2) is 11.5 Å². The number of ether oxygens (including phenoxy) is 2. The number of benzene rings is 2. The van der Waals surface area contributed by atoms with Gasteiger partial charge in [-0.2, -0.15) is 0 Å². The maximum Gasteiger partial charge on any atom is 0.356 e. The fraction of sp³-hybridized carbons (Fsp3) is 0.182. The van der Waals surface area contributed by atoms with Gasteiger partial charge in [0.25, 0.3) is 15.9 Å². The standard InChI is InChI=1S/C22H20Cl2N2O7S2/c1-4-32-16-9-8-15(11-17(16)31-3)26(2)35(29,30)18-12-19(23)34-20(18)21(27)25-14-7-5-6-13(10-14)22(28)33-24/h5-12H,4H2,1-3H3,(H,25,27). The number of thiophene rings is 1. The fourth-order valence-electron chi connectivity index (χ4n) is 3.07. The Morgan fingerprint density at radius 2 is 1.86 bits per heavy atom. The molecule has 35 heavy (non-hydrogen) atoms. The monoisotopic (exact) mass is 558 g/mol. The van der Waals surface area contributed by atoms with Crippen molar-refractivity contribution in [3.63, 3.8) is 0 Å². The number of anilines is 2. The van der Waals surface area contributed by atoms with E-state index in [0.29, 0.717) is 18.1 Å². The molecule has 1 N–H and O–H groups in total. The van der Waals surface area contributed by atoms with Gasteiger partial charge in [0.2, 0.25) is 0 Å². The molecular formula is C22H20Cl2N2O7S2. The quantitative estimate of drug-likeness (QED) is 0.384. The van der Waals surface area contributed by atoms with Gasteiger partial charge < -0.3 is 19.1 Å². The fourth-order valence-corrected chi connectivity index (χ4v) is 6.03. The Kier molecular flexibility index (Phi) is 8.49. The van der Waals surface area contributed by atoms with Crippen LogP contribution in [0.15, 0.2) is 53.4 Å². The summed E-state index contributed by atoms with van der Waals surface area (Å²) in [5.74, 6) is -0.723. The number of nitrogens with zero attached hydrogens (tertiary/aromatic N) is 1. The molecule has 1 aromatic heterocycles. The zero-order valence-electron chi connectivity index (χ0n) is 18.7. The van der Waals surface area contributed by atoms with E-state index in [9.17, 15) is 18.0 Å². The number of carbonyl (C=O) groups excluding carboxylic acids is 2. The summed E-state index contributed by atoms with van der Waals surface area (Å²) in [6.45, 7) is 2.22. The number of halogens is 2. The molecule has 0 saturated heterocycles. The molecular weight excluding hydrogens is 539 g/mol. The molecule has 2 aromatic carbocycles. The predicted octanol–water partition coefficient (Wildman–Crippen LogP) is 5.20. The summed E-state index contributed by atoms with van der Waals surface area (Å²) in [6.07, 6.45) is 0. The summed E-state index contributed by atoms with van der Waals surface area (Å²) >= 11 is 12.0. The van der Waals surface area contributed by atoms with Crippen LogP contribution < -0.4 is 19.1 Å². The molecule has 0 saturated carbocycles. The molecule has 0 unspecified atom stereocenters. The Morgan fingerprint density at radius 3 is 2.51 bits per heavy atom. The summed E-state index contributed by atoms with van der Waals surface area (Å²) in [5.41, 5.74) is 0.609. The van der Waals surface area contributed by atoms with Crippen molar-refractivity contribution in [2.75, 3.05) is 30.4 Å². The molecule has 0 aliphatic carbocycles. The van der Waals surface area contributed by atoms with Crippen LogP contribution in [0.1, 0.15) is 27.0 Å². The number of sulfonamides is 1. The molecule has 0 aliphatic rings. The minimum Gasteiger partial charge on any atom is -0.493 e. The summed E-state index contributed by atoms with van der Waals surface area (Å²) in [7, 11) is -1.41. The van der Waals surface area contributed by atoms with Crippen molar-refractivity contribution in [1.29, 1.82) is 0 Å². The largest absolute Gasteiger partial charge is 0.493 e. The lowest BCUT2D eigenvalue weighted by Gasteiger charge is -2.21. The number of rotatable bonds is 9. The van der Waals surface area contributed by atoms with E-state index in [2.05, 4.69) is 9.61 Å². The van der Waals surface area contributed by atoms with Crippen LogP contribution >= 0.6 is 34.8 Å². The Balaban J connectivity index is 1.94. The van der Waals surface area contributed by atoms with E-state index in [4.69, 9.17) is 32.9 Å². The van der Waals surface area contributed by atoms with Crippen LogP contribution in [-0.2, 0) is 14.3 Å². The minimum absolute atomic E-state index is 0.0963. The second kappa shape index (κ2) is 11.2. The van der Waals surface area contributed by atoms with Crippen molar-refractivity contribution in [2.24, 2.45) is 0 Å². The van der Waals surface area contributed by atoms with Crippen LogP contribution in [0.4, 0.5) is 11.4 Å². The first-order valence-corrected chi connectivity index (χ1v) is 12.9. The van der Waals surface area contributed by atoms with E-state index in [1.165, 1.54) is 50.6 Å². The molecule has 186 valence electrons. The number of methoxy groups -OCH3 is 1.